The first kappa shape index (κ1) is 15.3. The van der Waals surface area contributed by atoms with E-state index < -0.39 is 23.2 Å². The fraction of sp³-hybridized carbons (Fsp3) is 0.125. The van der Waals surface area contributed by atoms with Gasteiger partial charge in [-0.15, -0.1) is 0 Å². The van der Waals surface area contributed by atoms with E-state index in [2.05, 4.69) is 10.6 Å². The standard InChI is InChI=1S/C16H12ClFN2O3/c1-16(14(21)19-11-5-3-10(18)4-6-11)15(22)20-12-8-9(17)2-7-13(12)23-16/h2-8H,1H3,(H,19,21)(H,20,22). The maximum Gasteiger partial charge on any atom is 0.278 e. The number of amides is 2. The fourth-order valence-electron chi connectivity index (χ4n) is 2.13. The second kappa shape index (κ2) is 5.55. The maximum atomic E-state index is 12.9. The zero-order valence-electron chi connectivity index (χ0n) is 12.0. The number of benzene rings is 2. The van der Waals surface area contributed by atoms with Crippen molar-refractivity contribution < 1.29 is 18.7 Å². The number of carbonyl (C=O) groups excluding carboxylic acids is 2. The highest BCUT2D eigenvalue weighted by molar-refractivity contribution is 6.31. The van der Waals surface area contributed by atoms with E-state index in [1.54, 1.807) is 12.1 Å². The van der Waals surface area contributed by atoms with Gasteiger partial charge in [-0.2, -0.15) is 0 Å². The fourth-order valence-corrected chi connectivity index (χ4v) is 2.30. The van der Waals surface area contributed by atoms with E-state index in [4.69, 9.17) is 16.3 Å². The van der Waals surface area contributed by atoms with Crippen molar-refractivity contribution in [3.63, 3.8) is 0 Å². The van der Waals surface area contributed by atoms with Crippen LogP contribution in [0.1, 0.15) is 6.92 Å². The third-order valence-corrected chi connectivity index (χ3v) is 3.71. The molecule has 0 spiro atoms. The maximum absolute atomic E-state index is 12.9. The molecule has 0 radical (unpaired) electrons. The van der Waals surface area contributed by atoms with Gasteiger partial charge in [-0.3, -0.25) is 9.59 Å². The lowest BCUT2D eigenvalue weighted by atomic mass is 10.0. The lowest BCUT2D eigenvalue weighted by Gasteiger charge is -2.33. The van der Waals surface area contributed by atoms with Gasteiger partial charge in [0, 0.05) is 10.7 Å². The van der Waals surface area contributed by atoms with Crippen molar-refractivity contribution in [1.29, 1.82) is 0 Å². The minimum absolute atomic E-state index is 0.339. The Kier molecular flexibility index (Phi) is 3.69. The van der Waals surface area contributed by atoms with Gasteiger partial charge >= 0.3 is 0 Å². The number of hydrogen-bond acceptors (Lipinski definition) is 3. The summed E-state index contributed by atoms with van der Waals surface area (Å²) in [6, 6.07) is 9.90. The van der Waals surface area contributed by atoms with Crippen molar-refractivity contribution in [3.8, 4) is 5.75 Å². The van der Waals surface area contributed by atoms with Crippen molar-refractivity contribution >= 4 is 34.8 Å². The first-order valence-corrected chi connectivity index (χ1v) is 7.13. The van der Waals surface area contributed by atoms with Crippen LogP contribution in [-0.4, -0.2) is 17.4 Å². The Morgan fingerprint density at radius 2 is 1.96 bits per heavy atom. The predicted molar refractivity (Wildman–Crippen MR) is 84.1 cm³/mol. The number of carbonyl (C=O) groups is 2. The predicted octanol–water partition coefficient (Wildman–Crippen LogP) is 3.21. The minimum Gasteiger partial charge on any atom is -0.466 e. The Labute approximate surface area is 136 Å². The highest BCUT2D eigenvalue weighted by atomic mass is 35.5. The molecule has 5 nitrogen and oxygen atoms in total. The number of halogens is 2. The van der Waals surface area contributed by atoms with Crippen LogP contribution in [0.3, 0.4) is 0 Å². The highest BCUT2D eigenvalue weighted by Crippen LogP contribution is 2.36. The molecule has 2 aromatic rings. The Morgan fingerprint density at radius 3 is 2.65 bits per heavy atom. The summed E-state index contributed by atoms with van der Waals surface area (Å²) >= 11 is 5.86. The number of fused-ring (bicyclic) bond motifs is 1. The van der Waals surface area contributed by atoms with E-state index in [0.29, 0.717) is 22.1 Å². The molecule has 0 fully saturated rings. The van der Waals surface area contributed by atoms with Gasteiger partial charge in [0.15, 0.2) is 0 Å². The van der Waals surface area contributed by atoms with Crippen LogP contribution in [0.4, 0.5) is 15.8 Å². The molecule has 1 unspecified atom stereocenters. The van der Waals surface area contributed by atoms with Gasteiger partial charge in [-0.25, -0.2) is 4.39 Å². The molecule has 1 aliphatic heterocycles. The zero-order chi connectivity index (χ0) is 16.6. The van der Waals surface area contributed by atoms with Crippen molar-refractivity contribution in [2.45, 2.75) is 12.5 Å². The summed E-state index contributed by atoms with van der Waals surface area (Å²) in [4.78, 5) is 24.7. The molecule has 0 saturated carbocycles. The van der Waals surface area contributed by atoms with E-state index in [1.165, 1.54) is 37.3 Å². The Balaban J connectivity index is 1.85. The van der Waals surface area contributed by atoms with Gasteiger partial charge < -0.3 is 15.4 Å². The van der Waals surface area contributed by atoms with Crippen LogP contribution in [0.2, 0.25) is 5.02 Å². The van der Waals surface area contributed by atoms with Crippen LogP contribution in [0.15, 0.2) is 42.5 Å². The molecule has 0 aliphatic carbocycles. The number of anilines is 2. The summed E-state index contributed by atoms with van der Waals surface area (Å²) in [7, 11) is 0. The molecular weight excluding hydrogens is 323 g/mol. The molecule has 2 N–H and O–H groups in total. The molecule has 0 aromatic heterocycles. The molecule has 1 heterocycles. The number of rotatable bonds is 2. The monoisotopic (exact) mass is 334 g/mol. The summed E-state index contributed by atoms with van der Waals surface area (Å²) in [5, 5.41) is 5.57. The quantitative estimate of drug-likeness (QED) is 0.829. The second-order valence-corrected chi connectivity index (χ2v) is 5.63. The average Bonchev–Trinajstić information content (AvgIpc) is 2.51. The molecule has 1 aliphatic rings. The van der Waals surface area contributed by atoms with Gasteiger partial charge in [-0.1, -0.05) is 11.6 Å². The molecule has 2 aromatic carbocycles. The van der Waals surface area contributed by atoms with E-state index in [-0.39, 0.29) is 0 Å². The average molecular weight is 335 g/mol. The topological polar surface area (TPSA) is 67.4 Å². The van der Waals surface area contributed by atoms with Crippen molar-refractivity contribution in [3.05, 3.63) is 53.3 Å². The van der Waals surface area contributed by atoms with Crippen LogP contribution >= 0.6 is 11.6 Å². The van der Waals surface area contributed by atoms with E-state index >= 15 is 0 Å². The van der Waals surface area contributed by atoms with Crippen molar-refractivity contribution in [2.24, 2.45) is 0 Å². The highest BCUT2D eigenvalue weighted by Gasteiger charge is 2.47. The summed E-state index contributed by atoms with van der Waals surface area (Å²) < 4.78 is 18.5. The molecule has 0 saturated heterocycles. The smallest absolute Gasteiger partial charge is 0.278 e. The number of ether oxygens (including phenoxy) is 1. The van der Waals surface area contributed by atoms with E-state index in [9.17, 15) is 14.0 Å². The van der Waals surface area contributed by atoms with Crippen LogP contribution in [-0.2, 0) is 9.59 Å². The molecule has 7 heteroatoms. The molecule has 0 bridgehead atoms. The summed E-state index contributed by atoms with van der Waals surface area (Å²) in [6.45, 7) is 1.36. The molecule has 3 rings (SSSR count). The van der Waals surface area contributed by atoms with Crippen LogP contribution in [0.5, 0.6) is 5.75 Å². The molecule has 23 heavy (non-hydrogen) atoms. The number of nitrogens with one attached hydrogen (secondary N) is 2. The number of hydrogen-bond donors (Lipinski definition) is 2. The normalized spacial score (nSPS) is 19.3. The van der Waals surface area contributed by atoms with Crippen LogP contribution in [0, 0.1) is 5.82 Å². The van der Waals surface area contributed by atoms with Gasteiger partial charge in [0.25, 0.3) is 17.4 Å². The first-order valence-electron chi connectivity index (χ1n) is 6.75. The summed E-state index contributed by atoms with van der Waals surface area (Å²) in [5.41, 5.74) is -1.000. The minimum atomic E-state index is -1.75. The third kappa shape index (κ3) is 2.85. The van der Waals surface area contributed by atoms with Crippen molar-refractivity contribution in [1.82, 2.24) is 0 Å². The Bertz CT molecular complexity index is 794. The summed E-state index contributed by atoms with van der Waals surface area (Å²) in [5.74, 6) is -1.37. The van der Waals surface area contributed by atoms with Gasteiger partial charge in [0.1, 0.15) is 11.6 Å². The Hall–Kier alpha value is -2.60. The molecular formula is C16H12ClFN2O3. The Morgan fingerprint density at radius 1 is 1.26 bits per heavy atom. The largest absolute Gasteiger partial charge is 0.466 e. The lowest BCUT2D eigenvalue weighted by Crippen LogP contribution is -2.56. The van der Waals surface area contributed by atoms with Gasteiger partial charge in [0.05, 0.1) is 5.69 Å². The molecule has 1 atom stereocenters. The van der Waals surface area contributed by atoms with Crippen LogP contribution < -0.4 is 15.4 Å². The molecule has 2 amide bonds. The van der Waals surface area contributed by atoms with Crippen molar-refractivity contribution in [2.75, 3.05) is 10.6 Å². The van der Waals surface area contributed by atoms with E-state index in [0.717, 1.165) is 0 Å². The SMILES string of the molecule is CC1(C(=O)Nc2ccc(F)cc2)Oc2ccc(Cl)cc2NC1=O. The van der Waals surface area contributed by atoms with Gasteiger partial charge in [-0.05, 0) is 49.4 Å². The second-order valence-electron chi connectivity index (χ2n) is 5.19. The third-order valence-electron chi connectivity index (χ3n) is 3.47. The lowest BCUT2D eigenvalue weighted by molar-refractivity contribution is -0.143. The summed E-state index contributed by atoms with van der Waals surface area (Å²) in [6.07, 6.45) is 0. The van der Waals surface area contributed by atoms with E-state index in [1.807, 2.05) is 0 Å². The van der Waals surface area contributed by atoms with Crippen LogP contribution in [0.25, 0.3) is 0 Å². The zero-order valence-corrected chi connectivity index (χ0v) is 12.8. The van der Waals surface area contributed by atoms with Gasteiger partial charge in [0.2, 0.25) is 0 Å². The first-order chi connectivity index (χ1) is 10.9. The molecule has 118 valence electrons.